The van der Waals surface area contributed by atoms with Gasteiger partial charge in [-0.1, -0.05) is 84.9 Å². The molecule has 0 N–H and O–H groups in total. The van der Waals surface area contributed by atoms with Crippen molar-refractivity contribution in [3.8, 4) is 11.3 Å². The topological polar surface area (TPSA) is 63.2 Å². The van der Waals surface area contributed by atoms with Gasteiger partial charge in [-0.05, 0) is 73.5 Å². The zero-order chi connectivity index (χ0) is 30.3. The summed E-state index contributed by atoms with van der Waals surface area (Å²) in [5.41, 5.74) is 8.09. The number of hydrogen-bond acceptors (Lipinski definition) is 5. The van der Waals surface area contributed by atoms with Crippen molar-refractivity contribution in [1.82, 2.24) is 9.97 Å². The van der Waals surface area contributed by atoms with E-state index in [1.807, 2.05) is 121 Å². The molecule has 0 spiro atoms. The average molecular weight is 572 g/mol. The highest BCUT2D eigenvalue weighted by molar-refractivity contribution is 6.00. The van der Waals surface area contributed by atoms with E-state index in [2.05, 4.69) is 17.0 Å². The molecule has 0 saturated carbocycles. The maximum absolute atomic E-state index is 12.8. The Morgan fingerprint density at radius 1 is 0.591 bits per heavy atom. The van der Waals surface area contributed by atoms with Crippen LogP contribution in [0.25, 0.3) is 11.3 Å². The van der Waals surface area contributed by atoms with E-state index in [0.717, 1.165) is 50.8 Å². The second kappa shape index (κ2) is 10.9. The van der Waals surface area contributed by atoms with Crippen LogP contribution in [0.2, 0.25) is 0 Å². The molecule has 7 rings (SSSR count). The van der Waals surface area contributed by atoms with Crippen LogP contribution in [0.3, 0.4) is 0 Å². The molecule has 0 atom stereocenters. The van der Waals surface area contributed by atoms with Crippen molar-refractivity contribution < 1.29 is 9.59 Å². The van der Waals surface area contributed by atoms with Crippen LogP contribution in [-0.4, -0.2) is 21.5 Å². The highest BCUT2D eigenvalue weighted by Crippen LogP contribution is 2.57. The summed E-state index contributed by atoms with van der Waals surface area (Å²) >= 11 is 0. The van der Waals surface area contributed by atoms with Crippen LogP contribution in [0.5, 0.6) is 0 Å². The van der Waals surface area contributed by atoms with Gasteiger partial charge in [-0.15, -0.1) is 0 Å². The van der Waals surface area contributed by atoms with Gasteiger partial charge in [-0.3, -0.25) is 19.6 Å². The normalized spacial score (nSPS) is 13.1. The van der Waals surface area contributed by atoms with Crippen molar-refractivity contribution in [3.63, 3.8) is 0 Å². The molecule has 0 aliphatic carbocycles. The number of pyridine rings is 2. The van der Waals surface area contributed by atoms with Crippen LogP contribution in [0.15, 0.2) is 140 Å². The molecular formula is C39H29N3O2. The fourth-order valence-corrected chi connectivity index (χ4v) is 6.32. The van der Waals surface area contributed by atoms with Crippen LogP contribution in [0.4, 0.5) is 17.1 Å². The highest BCUT2D eigenvalue weighted by Gasteiger charge is 2.49. The van der Waals surface area contributed by atoms with Crippen LogP contribution < -0.4 is 4.90 Å². The van der Waals surface area contributed by atoms with Gasteiger partial charge in [0, 0.05) is 28.6 Å². The maximum atomic E-state index is 12.8. The number of carbonyl (C=O) groups is 2. The van der Waals surface area contributed by atoms with E-state index in [4.69, 9.17) is 9.97 Å². The monoisotopic (exact) mass is 571 g/mol. The van der Waals surface area contributed by atoms with Crippen LogP contribution in [0, 0.1) is 0 Å². The largest absolute Gasteiger partial charge is 0.310 e. The van der Waals surface area contributed by atoms with Gasteiger partial charge < -0.3 is 4.90 Å². The minimum absolute atomic E-state index is 0.0308. The lowest BCUT2D eigenvalue weighted by Crippen LogP contribution is -2.39. The van der Waals surface area contributed by atoms with Crippen LogP contribution in [-0.2, 0) is 5.41 Å². The van der Waals surface area contributed by atoms with Gasteiger partial charge in [0.2, 0.25) is 0 Å². The summed E-state index contributed by atoms with van der Waals surface area (Å²) in [5.74, 6) is -0.0616. The summed E-state index contributed by atoms with van der Waals surface area (Å²) in [5, 5.41) is 0. The SMILES string of the molecule is CC(=O)c1ccc2c(c1)N(c1ccccc1)c1cc(C(C)=O)ccc1C2(c1ccccn1)c1cccc(-c2ccccc2)n1. The Morgan fingerprint density at radius 3 is 1.73 bits per heavy atom. The standard InChI is InChI=1S/C39H29N3O2/c1-26(43)29-19-21-32-35(24-29)42(31-14-7-4-8-15-31)36-25-30(27(2)44)20-22-33(36)39(32,37-17-9-10-23-40-37)38-18-11-16-34(41-38)28-12-5-3-6-13-28/h3-25H,1-2H3. The lowest BCUT2D eigenvalue weighted by molar-refractivity contribution is 0.100. The summed E-state index contributed by atoms with van der Waals surface area (Å²) < 4.78 is 0. The molecule has 212 valence electrons. The molecule has 44 heavy (non-hydrogen) atoms. The van der Waals surface area contributed by atoms with Gasteiger partial charge in [0.25, 0.3) is 0 Å². The average Bonchev–Trinajstić information content (AvgIpc) is 3.08. The number of fused-ring (bicyclic) bond motifs is 2. The third-order valence-corrected chi connectivity index (χ3v) is 8.36. The van der Waals surface area contributed by atoms with Crippen molar-refractivity contribution in [3.05, 3.63) is 173 Å². The minimum Gasteiger partial charge on any atom is -0.310 e. The molecule has 3 heterocycles. The molecule has 2 aromatic heterocycles. The van der Waals surface area contributed by atoms with Crippen molar-refractivity contribution in [2.75, 3.05) is 4.90 Å². The van der Waals surface area contributed by atoms with Crippen molar-refractivity contribution in [1.29, 1.82) is 0 Å². The zero-order valence-corrected chi connectivity index (χ0v) is 24.4. The number of para-hydroxylation sites is 1. The summed E-state index contributed by atoms with van der Waals surface area (Å²) in [7, 11) is 0. The predicted octanol–water partition coefficient (Wildman–Crippen LogP) is 8.71. The van der Waals surface area contributed by atoms with Crippen LogP contribution in [0.1, 0.15) is 57.1 Å². The Hall–Kier alpha value is -5.68. The quantitative estimate of drug-likeness (QED) is 0.187. The smallest absolute Gasteiger partial charge is 0.159 e. The first-order chi connectivity index (χ1) is 21.5. The molecule has 0 saturated heterocycles. The number of carbonyl (C=O) groups excluding carboxylic acids is 2. The lowest BCUT2D eigenvalue weighted by atomic mass is 9.65. The van der Waals surface area contributed by atoms with Gasteiger partial charge in [-0.2, -0.15) is 0 Å². The molecule has 0 amide bonds. The number of anilines is 3. The Morgan fingerprint density at radius 2 is 1.16 bits per heavy atom. The van der Waals surface area contributed by atoms with Crippen molar-refractivity contribution >= 4 is 28.6 Å². The zero-order valence-electron chi connectivity index (χ0n) is 24.4. The lowest BCUT2D eigenvalue weighted by Gasteiger charge is -2.45. The third-order valence-electron chi connectivity index (χ3n) is 8.36. The van der Waals surface area contributed by atoms with E-state index in [9.17, 15) is 9.59 Å². The maximum Gasteiger partial charge on any atom is 0.159 e. The molecule has 1 aliphatic heterocycles. The number of Topliss-reactive ketones (excluding diaryl/α,β-unsaturated/α-hetero) is 2. The van der Waals surface area contributed by atoms with E-state index in [1.165, 1.54) is 0 Å². The number of benzene rings is 4. The van der Waals surface area contributed by atoms with Crippen molar-refractivity contribution in [2.45, 2.75) is 19.3 Å². The first-order valence-corrected chi connectivity index (χ1v) is 14.6. The molecular weight excluding hydrogens is 542 g/mol. The van der Waals surface area contributed by atoms with Gasteiger partial charge in [-0.25, -0.2) is 0 Å². The summed E-state index contributed by atoms with van der Waals surface area (Å²) in [6, 6.07) is 43.9. The fraction of sp³-hybridized carbons (Fsp3) is 0.0769. The van der Waals surface area contributed by atoms with Crippen molar-refractivity contribution in [2.24, 2.45) is 0 Å². The predicted molar refractivity (Wildman–Crippen MR) is 174 cm³/mol. The molecule has 5 nitrogen and oxygen atoms in total. The first-order valence-electron chi connectivity index (χ1n) is 14.6. The van der Waals surface area contributed by atoms with E-state index < -0.39 is 5.41 Å². The molecule has 0 radical (unpaired) electrons. The van der Waals surface area contributed by atoms with Gasteiger partial charge in [0.05, 0.1) is 28.5 Å². The molecule has 0 unspecified atom stereocenters. The van der Waals surface area contributed by atoms with E-state index in [0.29, 0.717) is 11.1 Å². The van der Waals surface area contributed by atoms with E-state index in [-0.39, 0.29) is 11.6 Å². The number of nitrogens with zero attached hydrogens (tertiary/aromatic N) is 3. The Balaban J connectivity index is 1.65. The number of hydrogen-bond donors (Lipinski definition) is 0. The van der Waals surface area contributed by atoms with E-state index >= 15 is 0 Å². The molecule has 5 heteroatoms. The first kappa shape index (κ1) is 27.2. The molecule has 1 aliphatic rings. The molecule has 6 aromatic rings. The Labute approximate surface area is 256 Å². The second-order valence-electron chi connectivity index (χ2n) is 11.0. The molecule has 0 fully saturated rings. The minimum atomic E-state index is -0.966. The Bertz CT molecular complexity index is 1960. The summed E-state index contributed by atoms with van der Waals surface area (Å²) in [4.78, 5) is 38.0. The molecule has 4 aromatic carbocycles. The Kier molecular flexibility index (Phi) is 6.71. The summed E-state index contributed by atoms with van der Waals surface area (Å²) in [6.45, 7) is 3.16. The van der Waals surface area contributed by atoms with Gasteiger partial charge in [0.1, 0.15) is 5.41 Å². The van der Waals surface area contributed by atoms with Crippen LogP contribution >= 0.6 is 0 Å². The fourth-order valence-electron chi connectivity index (χ4n) is 6.32. The van der Waals surface area contributed by atoms with E-state index in [1.54, 1.807) is 20.0 Å². The molecule has 0 bridgehead atoms. The van der Waals surface area contributed by atoms with Gasteiger partial charge >= 0.3 is 0 Å². The highest BCUT2D eigenvalue weighted by atomic mass is 16.1. The second-order valence-corrected chi connectivity index (χ2v) is 11.0. The summed E-state index contributed by atoms with van der Waals surface area (Å²) in [6.07, 6.45) is 1.80. The number of rotatable bonds is 6. The number of ketones is 2. The van der Waals surface area contributed by atoms with Gasteiger partial charge in [0.15, 0.2) is 11.6 Å². The third kappa shape index (κ3) is 4.33. The number of aromatic nitrogens is 2.